The van der Waals surface area contributed by atoms with E-state index in [1.54, 1.807) is 34.9 Å². The molecule has 0 aliphatic rings. The molecule has 3 rings (SSSR count). The minimum atomic E-state index is -0.154. The molecule has 1 aromatic heterocycles. The largest absolute Gasteiger partial charge is 0.322 e. The summed E-state index contributed by atoms with van der Waals surface area (Å²) in [4.78, 5) is 17.4. The number of hydrogen-bond donors (Lipinski definition) is 1. The molecule has 0 fully saturated rings. The van der Waals surface area contributed by atoms with Crippen LogP contribution in [0.5, 0.6) is 0 Å². The van der Waals surface area contributed by atoms with Crippen molar-refractivity contribution >= 4 is 23.4 Å². The van der Waals surface area contributed by atoms with Crippen LogP contribution in [-0.4, -0.2) is 26.9 Å². The lowest BCUT2D eigenvalue weighted by atomic mass is 10.2. The quantitative estimate of drug-likeness (QED) is 0.752. The van der Waals surface area contributed by atoms with Crippen LogP contribution in [0.2, 0.25) is 0 Å². The zero-order chi connectivity index (χ0) is 15.4. The van der Waals surface area contributed by atoms with Gasteiger partial charge in [-0.25, -0.2) is 9.67 Å². The smallest absolute Gasteiger partial charge is 0.255 e. The predicted molar refractivity (Wildman–Crippen MR) is 87.5 cm³/mol. The zero-order valence-electron chi connectivity index (χ0n) is 11.9. The SMILES string of the molecule is CSc1ccc(NC(=O)c2cccc(-n3cncn3)c2)cc1. The van der Waals surface area contributed by atoms with E-state index >= 15 is 0 Å². The molecular weight excluding hydrogens is 296 g/mol. The summed E-state index contributed by atoms with van der Waals surface area (Å²) in [7, 11) is 0. The highest BCUT2D eigenvalue weighted by atomic mass is 32.2. The van der Waals surface area contributed by atoms with Gasteiger partial charge >= 0.3 is 0 Å². The van der Waals surface area contributed by atoms with Crippen molar-refractivity contribution in [2.24, 2.45) is 0 Å². The Morgan fingerprint density at radius 1 is 1.18 bits per heavy atom. The van der Waals surface area contributed by atoms with E-state index in [1.807, 2.05) is 42.7 Å². The van der Waals surface area contributed by atoms with Gasteiger partial charge in [0.15, 0.2) is 0 Å². The van der Waals surface area contributed by atoms with E-state index in [0.29, 0.717) is 5.56 Å². The maximum absolute atomic E-state index is 12.3. The Balaban J connectivity index is 1.78. The molecule has 110 valence electrons. The highest BCUT2D eigenvalue weighted by molar-refractivity contribution is 7.98. The van der Waals surface area contributed by atoms with E-state index in [4.69, 9.17) is 0 Å². The lowest BCUT2D eigenvalue weighted by molar-refractivity contribution is 0.102. The highest BCUT2D eigenvalue weighted by Gasteiger charge is 2.08. The Labute approximate surface area is 132 Å². The van der Waals surface area contributed by atoms with E-state index < -0.39 is 0 Å². The number of nitrogens with zero attached hydrogens (tertiary/aromatic N) is 3. The lowest BCUT2D eigenvalue weighted by Crippen LogP contribution is -2.12. The molecule has 1 amide bonds. The van der Waals surface area contributed by atoms with Gasteiger partial charge in [0.05, 0.1) is 5.69 Å². The summed E-state index contributed by atoms with van der Waals surface area (Å²) in [5.41, 5.74) is 2.14. The number of carbonyl (C=O) groups excluding carboxylic acids is 1. The molecule has 0 radical (unpaired) electrons. The first-order valence-electron chi connectivity index (χ1n) is 6.67. The van der Waals surface area contributed by atoms with Crippen LogP contribution in [0.15, 0.2) is 66.1 Å². The van der Waals surface area contributed by atoms with Gasteiger partial charge in [-0.1, -0.05) is 6.07 Å². The summed E-state index contributed by atoms with van der Waals surface area (Å²) in [6.07, 6.45) is 5.07. The van der Waals surface area contributed by atoms with Gasteiger partial charge in [0.2, 0.25) is 0 Å². The number of amides is 1. The second-order valence-electron chi connectivity index (χ2n) is 4.57. The van der Waals surface area contributed by atoms with Gasteiger partial charge in [0.25, 0.3) is 5.91 Å². The fourth-order valence-electron chi connectivity index (χ4n) is 2.01. The number of anilines is 1. The Hall–Kier alpha value is -2.60. The van der Waals surface area contributed by atoms with Gasteiger partial charge in [-0.3, -0.25) is 4.79 Å². The monoisotopic (exact) mass is 310 g/mol. The van der Waals surface area contributed by atoms with Crippen molar-refractivity contribution in [2.45, 2.75) is 4.90 Å². The first-order valence-corrected chi connectivity index (χ1v) is 7.89. The summed E-state index contributed by atoms with van der Waals surface area (Å²) in [6.45, 7) is 0. The Kier molecular flexibility index (Phi) is 4.20. The minimum absolute atomic E-state index is 0.154. The third-order valence-corrected chi connectivity index (χ3v) is 3.88. The van der Waals surface area contributed by atoms with Gasteiger partial charge in [-0.05, 0) is 48.7 Å². The van der Waals surface area contributed by atoms with Crippen molar-refractivity contribution < 1.29 is 4.79 Å². The van der Waals surface area contributed by atoms with E-state index in [-0.39, 0.29) is 5.91 Å². The summed E-state index contributed by atoms with van der Waals surface area (Å²) in [5.74, 6) is -0.154. The second kappa shape index (κ2) is 6.44. The summed E-state index contributed by atoms with van der Waals surface area (Å²) >= 11 is 1.66. The second-order valence-corrected chi connectivity index (χ2v) is 5.45. The molecule has 0 spiro atoms. The number of thioether (sulfide) groups is 1. The van der Waals surface area contributed by atoms with E-state index in [2.05, 4.69) is 15.4 Å². The molecule has 1 heterocycles. The van der Waals surface area contributed by atoms with Crippen LogP contribution in [0.1, 0.15) is 10.4 Å². The first kappa shape index (κ1) is 14.3. The predicted octanol–water partition coefficient (Wildman–Crippen LogP) is 3.24. The molecule has 0 aliphatic carbocycles. The fourth-order valence-corrected chi connectivity index (χ4v) is 2.42. The third-order valence-electron chi connectivity index (χ3n) is 3.14. The number of nitrogens with one attached hydrogen (secondary N) is 1. The third kappa shape index (κ3) is 3.17. The number of rotatable bonds is 4. The molecule has 0 saturated carbocycles. The molecular formula is C16H14N4OS. The summed E-state index contributed by atoms with van der Waals surface area (Å²) in [6, 6.07) is 15.0. The summed E-state index contributed by atoms with van der Waals surface area (Å²) in [5, 5.41) is 6.95. The van der Waals surface area contributed by atoms with Crippen LogP contribution in [0.3, 0.4) is 0 Å². The molecule has 0 atom stereocenters. The highest BCUT2D eigenvalue weighted by Crippen LogP contribution is 2.18. The Bertz CT molecular complexity index is 769. The molecule has 5 nitrogen and oxygen atoms in total. The number of hydrogen-bond acceptors (Lipinski definition) is 4. The molecule has 3 aromatic rings. The van der Waals surface area contributed by atoms with Crippen molar-refractivity contribution in [1.82, 2.24) is 14.8 Å². The lowest BCUT2D eigenvalue weighted by Gasteiger charge is -2.07. The van der Waals surface area contributed by atoms with Crippen LogP contribution in [0, 0.1) is 0 Å². The van der Waals surface area contributed by atoms with Crippen molar-refractivity contribution in [3.63, 3.8) is 0 Å². The normalized spacial score (nSPS) is 10.4. The van der Waals surface area contributed by atoms with E-state index in [9.17, 15) is 4.79 Å². The van der Waals surface area contributed by atoms with Gasteiger partial charge in [-0.2, -0.15) is 5.10 Å². The number of benzene rings is 2. The average molecular weight is 310 g/mol. The minimum Gasteiger partial charge on any atom is -0.322 e. The summed E-state index contributed by atoms with van der Waals surface area (Å²) < 4.78 is 1.62. The van der Waals surface area contributed by atoms with Crippen molar-refractivity contribution in [1.29, 1.82) is 0 Å². The maximum atomic E-state index is 12.3. The van der Waals surface area contributed by atoms with Crippen molar-refractivity contribution in [2.75, 3.05) is 11.6 Å². The molecule has 0 saturated heterocycles. The molecule has 6 heteroatoms. The Morgan fingerprint density at radius 2 is 2.00 bits per heavy atom. The van der Waals surface area contributed by atoms with Crippen LogP contribution >= 0.6 is 11.8 Å². The van der Waals surface area contributed by atoms with Gasteiger partial charge in [-0.15, -0.1) is 11.8 Å². The molecule has 22 heavy (non-hydrogen) atoms. The van der Waals surface area contributed by atoms with E-state index in [0.717, 1.165) is 16.3 Å². The van der Waals surface area contributed by atoms with Crippen LogP contribution in [0.4, 0.5) is 5.69 Å². The van der Waals surface area contributed by atoms with Gasteiger partial charge in [0.1, 0.15) is 12.7 Å². The maximum Gasteiger partial charge on any atom is 0.255 e. The van der Waals surface area contributed by atoms with Crippen LogP contribution in [0.25, 0.3) is 5.69 Å². The standard InChI is InChI=1S/C16H14N4OS/c1-22-15-7-5-13(6-8-15)19-16(21)12-3-2-4-14(9-12)20-11-17-10-18-20/h2-11H,1H3,(H,19,21). The molecule has 0 bridgehead atoms. The molecule has 1 N–H and O–H groups in total. The number of aromatic nitrogens is 3. The number of carbonyl (C=O) groups is 1. The molecule has 0 aliphatic heterocycles. The van der Waals surface area contributed by atoms with Gasteiger partial charge < -0.3 is 5.32 Å². The zero-order valence-corrected chi connectivity index (χ0v) is 12.7. The van der Waals surface area contributed by atoms with E-state index in [1.165, 1.54) is 6.33 Å². The molecule has 0 unspecified atom stereocenters. The fraction of sp³-hybridized carbons (Fsp3) is 0.0625. The van der Waals surface area contributed by atoms with Gasteiger partial charge in [0, 0.05) is 16.1 Å². The topological polar surface area (TPSA) is 59.8 Å². The van der Waals surface area contributed by atoms with Crippen molar-refractivity contribution in [3.8, 4) is 5.69 Å². The molecule has 2 aromatic carbocycles. The van der Waals surface area contributed by atoms with Crippen LogP contribution < -0.4 is 5.32 Å². The average Bonchev–Trinajstić information content (AvgIpc) is 3.10. The van der Waals surface area contributed by atoms with Crippen LogP contribution in [-0.2, 0) is 0 Å². The first-order chi connectivity index (χ1) is 10.8. The Morgan fingerprint density at radius 3 is 2.68 bits per heavy atom. The van der Waals surface area contributed by atoms with Crippen molar-refractivity contribution in [3.05, 3.63) is 66.7 Å².